The Kier molecular flexibility index (Phi) is 5.11. The molecule has 2 aliphatic rings. The molecule has 0 unspecified atom stereocenters. The Morgan fingerprint density at radius 2 is 2.15 bits per heavy atom. The van der Waals surface area contributed by atoms with Crippen LogP contribution in [0.2, 0.25) is 0 Å². The minimum Gasteiger partial charge on any atom is -0.396 e. The molecule has 2 heterocycles. The van der Waals surface area contributed by atoms with Crippen LogP contribution in [0.4, 0.5) is 4.39 Å². The van der Waals surface area contributed by atoms with Gasteiger partial charge in [0.1, 0.15) is 5.82 Å². The van der Waals surface area contributed by atoms with Crippen molar-refractivity contribution >= 4 is 15.9 Å². The van der Waals surface area contributed by atoms with Crippen molar-refractivity contribution in [2.45, 2.75) is 56.5 Å². The third kappa shape index (κ3) is 3.14. The number of nitrogens with one attached hydrogen (secondary N) is 1. The van der Waals surface area contributed by atoms with Crippen LogP contribution in [0.25, 0.3) is 0 Å². The van der Waals surface area contributed by atoms with E-state index in [1.165, 1.54) is 19.1 Å². The lowest BCUT2D eigenvalue weighted by molar-refractivity contribution is -0.132. The normalized spacial score (nSPS) is 27.9. The van der Waals surface area contributed by atoms with Gasteiger partial charge in [-0.2, -0.15) is 0 Å². The average molecular weight is 384 g/mol. The third-order valence-corrected chi connectivity index (χ3v) is 7.41. The van der Waals surface area contributed by atoms with Crippen LogP contribution in [0.1, 0.15) is 38.2 Å². The molecule has 0 aromatic heterocycles. The van der Waals surface area contributed by atoms with E-state index in [1.807, 2.05) is 6.92 Å². The minimum atomic E-state index is -3.89. The van der Waals surface area contributed by atoms with Crippen LogP contribution in [-0.4, -0.2) is 49.6 Å². The summed E-state index contributed by atoms with van der Waals surface area (Å²) in [5, 5.41) is 9.81. The van der Waals surface area contributed by atoms with E-state index in [-0.39, 0.29) is 47.0 Å². The van der Waals surface area contributed by atoms with Gasteiger partial charge in [-0.1, -0.05) is 6.92 Å². The van der Waals surface area contributed by atoms with E-state index in [2.05, 4.69) is 4.72 Å². The van der Waals surface area contributed by atoms with Gasteiger partial charge in [-0.15, -0.1) is 0 Å². The van der Waals surface area contributed by atoms with E-state index >= 15 is 0 Å². The summed E-state index contributed by atoms with van der Waals surface area (Å²) >= 11 is 0. The Bertz CT molecular complexity index is 807. The molecule has 26 heavy (non-hydrogen) atoms. The van der Waals surface area contributed by atoms with Gasteiger partial charge in [0.15, 0.2) is 0 Å². The molecule has 6 nitrogen and oxygen atoms in total. The maximum atomic E-state index is 13.3. The highest BCUT2D eigenvalue weighted by molar-refractivity contribution is 7.89. The first-order valence-electron chi connectivity index (χ1n) is 8.92. The summed E-state index contributed by atoms with van der Waals surface area (Å²) in [5.74, 6) is -0.753. The molecular formula is C18H25FN2O4S. The number of hydrogen-bond donors (Lipinski definition) is 2. The maximum Gasteiger partial charge on any atom is 0.241 e. The van der Waals surface area contributed by atoms with Crippen molar-refractivity contribution in [1.29, 1.82) is 0 Å². The number of aryl methyl sites for hydroxylation is 1. The first kappa shape index (κ1) is 19.3. The average Bonchev–Trinajstić information content (AvgIpc) is 3.18. The van der Waals surface area contributed by atoms with Gasteiger partial charge in [0.05, 0.1) is 18.0 Å². The zero-order valence-electron chi connectivity index (χ0n) is 15.0. The Balaban J connectivity index is 1.70. The smallest absolute Gasteiger partial charge is 0.241 e. The predicted octanol–water partition coefficient (Wildman–Crippen LogP) is 1.56. The standard InChI is InChI=1S/C18H25FN2O4S/c1-3-18(11-22)9-13-4-7-16(18)21(13)17(23)10-20-26(24,25)14-5-6-15(19)12(2)8-14/h5-6,8,13,16,20,22H,3-4,7,9-11H2,1-2H3/t13-,16+,18-/m1/s1. The molecule has 2 fully saturated rings. The number of nitrogens with zero attached hydrogens (tertiary/aromatic N) is 1. The van der Waals surface area contributed by atoms with Gasteiger partial charge in [-0.25, -0.2) is 17.5 Å². The molecule has 0 spiro atoms. The number of carbonyl (C=O) groups excluding carboxylic acids is 1. The fourth-order valence-corrected chi connectivity index (χ4v) is 5.50. The van der Waals surface area contributed by atoms with Crippen LogP contribution in [-0.2, 0) is 14.8 Å². The summed E-state index contributed by atoms with van der Waals surface area (Å²) in [6.45, 7) is 3.20. The number of aliphatic hydroxyl groups is 1. The van der Waals surface area contributed by atoms with Crippen molar-refractivity contribution in [1.82, 2.24) is 9.62 Å². The number of fused-ring (bicyclic) bond motifs is 2. The van der Waals surface area contributed by atoms with Crippen molar-refractivity contribution in [2.24, 2.45) is 5.41 Å². The molecule has 3 rings (SSSR count). The summed E-state index contributed by atoms with van der Waals surface area (Å²) in [6.07, 6.45) is 3.28. The monoisotopic (exact) mass is 384 g/mol. The largest absolute Gasteiger partial charge is 0.396 e. The second-order valence-corrected chi connectivity index (χ2v) is 9.13. The van der Waals surface area contributed by atoms with Crippen LogP contribution < -0.4 is 4.72 Å². The lowest BCUT2D eigenvalue weighted by Crippen LogP contribution is -2.46. The van der Waals surface area contributed by atoms with Crippen LogP contribution in [0.5, 0.6) is 0 Å². The van der Waals surface area contributed by atoms with Crippen LogP contribution >= 0.6 is 0 Å². The summed E-state index contributed by atoms with van der Waals surface area (Å²) in [4.78, 5) is 14.4. The molecule has 2 aliphatic heterocycles. The van der Waals surface area contributed by atoms with E-state index < -0.39 is 15.8 Å². The van der Waals surface area contributed by atoms with E-state index in [9.17, 15) is 22.7 Å². The SMILES string of the molecule is CC[C@]1(CO)C[C@H]2CC[C@@H]1N2C(=O)CNS(=O)(=O)c1ccc(F)c(C)c1. The Morgan fingerprint density at radius 3 is 2.73 bits per heavy atom. The molecule has 2 saturated heterocycles. The van der Waals surface area contributed by atoms with Gasteiger partial charge in [0.25, 0.3) is 0 Å². The highest BCUT2D eigenvalue weighted by atomic mass is 32.2. The predicted molar refractivity (Wildman–Crippen MR) is 94.4 cm³/mol. The minimum absolute atomic E-state index is 0.0347. The topological polar surface area (TPSA) is 86.7 Å². The Labute approximate surface area is 153 Å². The molecule has 2 N–H and O–H groups in total. The summed E-state index contributed by atoms with van der Waals surface area (Å²) < 4.78 is 40.4. The number of benzene rings is 1. The van der Waals surface area contributed by atoms with E-state index in [1.54, 1.807) is 4.90 Å². The lowest BCUT2D eigenvalue weighted by Gasteiger charge is -2.34. The summed E-state index contributed by atoms with van der Waals surface area (Å²) in [6, 6.07) is 3.56. The van der Waals surface area contributed by atoms with Gasteiger partial charge >= 0.3 is 0 Å². The fraction of sp³-hybridized carbons (Fsp3) is 0.611. The molecule has 2 bridgehead atoms. The van der Waals surface area contributed by atoms with E-state index in [0.29, 0.717) is 0 Å². The van der Waals surface area contributed by atoms with Crippen molar-refractivity contribution < 1.29 is 22.7 Å². The van der Waals surface area contributed by atoms with Gasteiger partial charge in [0, 0.05) is 17.5 Å². The number of carbonyl (C=O) groups is 1. The molecule has 0 saturated carbocycles. The molecular weight excluding hydrogens is 359 g/mol. The summed E-state index contributed by atoms with van der Waals surface area (Å²) in [7, 11) is -3.89. The molecule has 144 valence electrons. The lowest BCUT2D eigenvalue weighted by atomic mass is 9.72. The number of aliphatic hydroxyl groups excluding tert-OH is 1. The van der Waals surface area contributed by atoms with Crippen LogP contribution in [0.15, 0.2) is 23.1 Å². The second kappa shape index (κ2) is 6.90. The highest BCUT2D eigenvalue weighted by Gasteiger charge is 2.56. The Hall–Kier alpha value is -1.51. The third-order valence-electron chi connectivity index (χ3n) is 6.01. The van der Waals surface area contributed by atoms with Crippen LogP contribution in [0.3, 0.4) is 0 Å². The quantitative estimate of drug-likeness (QED) is 0.779. The van der Waals surface area contributed by atoms with Crippen LogP contribution in [0, 0.1) is 18.2 Å². The zero-order valence-corrected chi connectivity index (χ0v) is 15.9. The zero-order chi connectivity index (χ0) is 19.1. The second-order valence-electron chi connectivity index (χ2n) is 7.36. The number of hydrogen-bond acceptors (Lipinski definition) is 4. The van der Waals surface area contributed by atoms with Crippen molar-refractivity contribution in [3.8, 4) is 0 Å². The first-order chi connectivity index (χ1) is 12.2. The van der Waals surface area contributed by atoms with Gasteiger partial charge in [0.2, 0.25) is 15.9 Å². The number of halogens is 1. The van der Waals surface area contributed by atoms with Gasteiger partial charge in [-0.05, 0) is 56.4 Å². The summed E-state index contributed by atoms with van der Waals surface area (Å²) in [5.41, 5.74) is -0.0432. The first-order valence-corrected chi connectivity index (χ1v) is 10.4. The number of amides is 1. The van der Waals surface area contributed by atoms with Gasteiger partial charge < -0.3 is 10.0 Å². The van der Waals surface area contributed by atoms with Crippen molar-refractivity contribution in [2.75, 3.05) is 13.2 Å². The van der Waals surface area contributed by atoms with Crippen molar-refractivity contribution in [3.63, 3.8) is 0 Å². The molecule has 1 aromatic rings. The number of rotatable bonds is 6. The number of sulfonamides is 1. The Morgan fingerprint density at radius 1 is 1.42 bits per heavy atom. The van der Waals surface area contributed by atoms with Gasteiger partial charge in [-0.3, -0.25) is 4.79 Å². The molecule has 8 heteroatoms. The highest BCUT2D eigenvalue weighted by Crippen LogP contribution is 2.51. The molecule has 1 aromatic carbocycles. The molecule has 1 amide bonds. The molecule has 0 radical (unpaired) electrons. The van der Waals surface area contributed by atoms with E-state index in [0.717, 1.165) is 31.7 Å². The molecule has 3 atom stereocenters. The fourth-order valence-electron chi connectivity index (χ4n) is 4.44. The van der Waals surface area contributed by atoms with E-state index in [4.69, 9.17) is 0 Å². The van der Waals surface area contributed by atoms with Crippen molar-refractivity contribution in [3.05, 3.63) is 29.6 Å². The maximum absolute atomic E-state index is 13.3. The molecule has 0 aliphatic carbocycles.